The third kappa shape index (κ3) is 8.16. The highest BCUT2D eigenvalue weighted by Crippen LogP contribution is 2.50. The molecular weight excluding hydrogens is 231 g/mol. The average molecular weight is 232 g/mol. The van der Waals surface area contributed by atoms with Crippen molar-refractivity contribution in [3.63, 3.8) is 0 Å². The van der Waals surface area contributed by atoms with Crippen molar-refractivity contribution in [2.45, 2.75) is 0 Å². The van der Waals surface area contributed by atoms with E-state index < -0.39 is 22.2 Å². The minimum Gasteiger partial charge on any atom is -0.422 e. The predicted octanol–water partition coefficient (Wildman–Crippen LogP) is 1.81. The molecule has 4 nitrogen and oxygen atoms in total. The molecule has 0 atom stereocenters. The van der Waals surface area contributed by atoms with Gasteiger partial charge >= 0.3 is 22.2 Å². The standard InChI is InChI=1S/B2F6HO4P/c3-1(4,5)11-13(9,10)12-2(6,7)8/h(H,9,10)/q-2. The highest BCUT2D eigenvalue weighted by Gasteiger charge is 2.41. The van der Waals surface area contributed by atoms with E-state index in [1.165, 1.54) is 0 Å². The van der Waals surface area contributed by atoms with Crippen LogP contribution in [0.3, 0.4) is 0 Å². The minimum absolute atomic E-state index is 2.25. The van der Waals surface area contributed by atoms with Gasteiger partial charge in [0.2, 0.25) is 0 Å². The van der Waals surface area contributed by atoms with Gasteiger partial charge in [-0.05, 0) is 0 Å². The monoisotopic (exact) mass is 232 g/mol. The molecule has 0 aliphatic carbocycles. The number of hydrogen-bond donors (Lipinski definition) is 1. The maximum Gasteiger partial charge on any atom is 0.645 e. The molecule has 0 amide bonds. The molecule has 0 bridgehead atoms. The molecular formula is HB2F6O4P-2. The number of phosphoric acid groups is 1. The lowest BCUT2D eigenvalue weighted by atomic mass is 10.3. The van der Waals surface area contributed by atoms with Gasteiger partial charge in [-0.1, -0.05) is 0 Å². The van der Waals surface area contributed by atoms with Crippen molar-refractivity contribution in [2.75, 3.05) is 0 Å². The van der Waals surface area contributed by atoms with Gasteiger partial charge in [0.05, 0.1) is 0 Å². The normalized spacial score (nSPS) is 14.7. The van der Waals surface area contributed by atoms with E-state index in [4.69, 9.17) is 4.89 Å². The summed E-state index contributed by atoms with van der Waals surface area (Å²) in [6.45, 7) is 0. The summed E-state index contributed by atoms with van der Waals surface area (Å²) in [6.07, 6.45) is 0. The summed E-state index contributed by atoms with van der Waals surface area (Å²) in [6, 6.07) is 0. The van der Waals surface area contributed by atoms with Crippen LogP contribution in [0, 0.1) is 0 Å². The predicted molar refractivity (Wildman–Crippen MR) is 30.2 cm³/mol. The van der Waals surface area contributed by atoms with Gasteiger partial charge in [0.25, 0.3) is 0 Å². The highest BCUT2D eigenvalue weighted by molar-refractivity contribution is 7.50. The van der Waals surface area contributed by atoms with Crippen molar-refractivity contribution in [3.8, 4) is 0 Å². The quantitative estimate of drug-likeness (QED) is 0.455. The van der Waals surface area contributed by atoms with E-state index in [0.717, 1.165) is 0 Å². The van der Waals surface area contributed by atoms with Gasteiger partial charge in [-0.2, -0.15) is 0 Å². The largest absolute Gasteiger partial charge is 0.645 e. The molecule has 80 valence electrons. The molecule has 0 fully saturated rings. The van der Waals surface area contributed by atoms with Crippen molar-refractivity contribution < 1.29 is 44.2 Å². The zero-order valence-electron chi connectivity index (χ0n) is 5.54. The third-order valence-corrected chi connectivity index (χ3v) is 1.52. The van der Waals surface area contributed by atoms with Crippen molar-refractivity contribution in [3.05, 3.63) is 0 Å². The van der Waals surface area contributed by atoms with Gasteiger partial charge in [-0.3, -0.25) is 0 Å². The molecule has 0 aromatic heterocycles. The lowest BCUT2D eigenvalue weighted by Crippen LogP contribution is -2.25. The molecule has 0 aromatic rings. The van der Waals surface area contributed by atoms with Crippen molar-refractivity contribution in [1.82, 2.24) is 0 Å². The summed E-state index contributed by atoms with van der Waals surface area (Å²) in [4.78, 5) is 7.89. The van der Waals surface area contributed by atoms with Gasteiger partial charge in [0.15, 0.2) is 0 Å². The van der Waals surface area contributed by atoms with Crippen LogP contribution in [-0.2, 0) is 13.4 Å². The second-order valence-electron chi connectivity index (χ2n) is 1.71. The minimum atomic E-state index is -6.28. The van der Waals surface area contributed by atoms with E-state index in [9.17, 15) is 30.5 Å². The summed E-state index contributed by atoms with van der Waals surface area (Å²) in [5.74, 6) is 0. The van der Waals surface area contributed by atoms with Crippen LogP contribution in [-0.4, -0.2) is 19.3 Å². The van der Waals surface area contributed by atoms with Crippen LogP contribution in [0.4, 0.5) is 25.9 Å². The molecule has 0 aliphatic rings. The van der Waals surface area contributed by atoms with E-state index in [-0.39, 0.29) is 0 Å². The Kier molecular flexibility index (Phi) is 3.47. The molecule has 13 heavy (non-hydrogen) atoms. The summed E-state index contributed by atoms with van der Waals surface area (Å²) in [5.41, 5.74) is 0. The van der Waals surface area contributed by atoms with Gasteiger partial charge in [-0.25, -0.2) is 4.57 Å². The molecule has 0 heterocycles. The summed E-state index contributed by atoms with van der Waals surface area (Å²) >= 11 is 0. The summed E-state index contributed by atoms with van der Waals surface area (Å²) in [7, 11) is -18.7. The van der Waals surface area contributed by atoms with Crippen LogP contribution >= 0.6 is 7.82 Å². The average Bonchev–Trinajstić information content (AvgIpc) is 1.43. The van der Waals surface area contributed by atoms with Gasteiger partial charge in [0.1, 0.15) is 0 Å². The van der Waals surface area contributed by atoms with Crippen LogP contribution in [0.25, 0.3) is 0 Å². The Balaban J connectivity index is 4.35. The van der Waals surface area contributed by atoms with E-state index in [1.54, 1.807) is 0 Å². The molecule has 0 saturated heterocycles. The smallest absolute Gasteiger partial charge is 0.422 e. The summed E-state index contributed by atoms with van der Waals surface area (Å²) in [5, 5.41) is 0. The Morgan fingerprint density at radius 2 is 1.15 bits per heavy atom. The molecule has 13 heteroatoms. The van der Waals surface area contributed by atoms with Crippen LogP contribution in [0.2, 0.25) is 0 Å². The topological polar surface area (TPSA) is 55.8 Å². The maximum atomic E-state index is 11.2. The lowest BCUT2D eigenvalue weighted by Gasteiger charge is -2.26. The van der Waals surface area contributed by atoms with Gasteiger partial charge in [0, 0.05) is 0 Å². The zero-order valence-corrected chi connectivity index (χ0v) is 6.44. The Bertz CT molecular complexity index is 198. The molecule has 0 aliphatic heterocycles. The first-order valence-electron chi connectivity index (χ1n) is 2.53. The fraction of sp³-hybridized carbons (Fsp3) is 0. The van der Waals surface area contributed by atoms with Crippen molar-refractivity contribution in [1.29, 1.82) is 0 Å². The Labute approximate surface area is 67.6 Å². The number of hydrogen-bond acceptors (Lipinski definition) is 3. The Morgan fingerprint density at radius 3 is 1.31 bits per heavy atom. The Hall–Kier alpha value is -0.180. The molecule has 0 rings (SSSR count). The second-order valence-corrected chi connectivity index (χ2v) is 3.07. The fourth-order valence-electron chi connectivity index (χ4n) is 0.327. The first kappa shape index (κ1) is 12.8. The fourth-order valence-corrected chi connectivity index (χ4v) is 0.981. The van der Waals surface area contributed by atoms with E-state index >= 15 is 0 Å². The first-order chi connectivity index (χ1) is 5.41. The maximum absolute atomic E-state index is 11.2. The lowest BCUT2D eigenvalue weighted by molar-refractivity contribution is 0.186. The van der Waals surface area contributed by atoms with Gasteiger partial charge in [-0.15, -0.1) is 0 Å². The van der Waals surface area contributed by atoms with Crippen molar-refractivity contribution >= 4 is 22.2 Å². The van der Waals surface area contributed by atoms with E-state index in [2.05, 4.69) is 8.88 Å². The first-order valence-corrected chi connectivity index (χ1v) is 4.02. The third-order valence-electron chi connectivity index (χ3n) is 0.505. The number of halogens is 6. The zero-order chi connectivity index (χ0) is 10.9. The Morgan fingerprint density at radius 1 is 0.923 bits per heavy atom. The molecule has 0 unspecified atom stereocenters. The molecule has 0 spiro atoms. The second kappa shape index (κ2) is 3.52. The summed E-state index contributed by atoms with van der Waals surface area (Å²) < 4.78 is 81.6. The number of rotatable bonds is 4. The van der Waals surface area contributed by atoms with Crippen molar-refractivity contribution in [2.24, 2.45) is 0 Å². The molecule has 0 saturated carbocycles. The SMILES string of the molecule is O=P(O)(O[B-](F)(F)F)O[B-](F)(F)F. The molecule has 0 radical (unpaired) electrons. The van der Waals surface area contributed by atoms with Crippen LogP contribution in [0.15, 0.2) is 0 Å². The van der Waals surface area contributed by atoms with E-state index in [1.807, 2.05) is 0 Å². The van der Waals surface area contributed by atoms with Crippen LogP contribution in [0.1, 0.15) is 0 Å². The van der Waals surface area contributed by atoms with E-state index in [0.29, 0.717) is 0 Å². The van der Waals surface area contributed by atoms with Crippen LogP contribution < -0.4 is 0 Å². The highest BCUT2D eigenvalue weighted by atomic mass is 31.2. The van der Waals surface area contributed by atoms with Gasteiger partial charge < -0.3 is 39.7 Å². The molecule has 1 N–H and O–H groups in total. The van der Waals surface area contributed by atoms with Crippen LogP contribution in [0.5, 0.6) is 0 Å². The molecule has 0 aromatic carbocycles.